The molecule has 4 nitrogen and oxygen atoms in total. The van der Waals surface area contributed by atoms with Crippen molar-refractivity contribution < 1.29 is 9.53 Å². The number of benzene rings is 1. The topological polar surface area (TPSA) is 50.4 Å². The monoisotopic (exact) mass is 232 g/mol. The van der Waals surface area contributed by atoms with Crippen molar-refractivity contribution in [3.8, 4) is 5.75 Å². The summed E-state index contributed by atoms with van der Waals surface area (Å²) in [7, 11) is 1.62. The maximum absolute atomic E-state index is 12.2. The lowest BCUT2D eigenvalue weighted by molar-refractivity contribution is -0.120. The Morgan fingerprint density at radius 2 is 2.00 bits per heavy atom. The van der Waals surface area contributed by atoms with Gasteiger partial charge in [0.05, 0.1) is 18.5 Å². The Kier molecular flexibility index (Phi) is 2.24. The smallest absolute Gasteiger partial charge is 0.250 e. The summed E-state index contributed by atoms with van der Waals surface area (Å²) >= 11 is 0. The molecule has 0 saturated heterocycles. The standard InChI is InChI=1S/C13H16N2O2/c1-17-9-4-5-10-11(8-9)14-12(16)13(15-10)6-2-3-7-13/h4-5,8,15H,2-3,6-7H2,1H3,(H,14,16). The first kappa shape index (κ1) is 10.4. The lowest BCUT2D eigenvalue weighted by atomic mass is 9.93. The highest BCUT2D eigenvalue weighted by Gasteiger charge is 2.44. The first-order valence-corrected chi connectivity index (χ1v) is 6.01. The lowest BCUT2D eigenvalue weighted by Crippen LogP contribution is -2.50. The van der Waals surface area contributed by atoms with Crippen LogP contribution in [0.15, 0.2) is 18.2 Å². The Bertz CT molecular complexity index is 464. The minimum Gasteiger partial charge on any atom is -0.497 e. The number of anilines is 2. The maximum Gasteiger partial charge on any atom is 0.250 e. The van der Waals surface area contributed by atoms with Crippen LogP contribution >= 0.6 is 0 Å². The van der Waals surface area contributed by atoms with E-state index in [0.29, 0.717) is 0 Å². The van der Waals surface area contributed by atoms with E-state index in [2.05, 4.69) is 10.6 Å². The summed E-state index contributed by atoms with van der Waals surface area (Å²) in [5, 5.41) is 6.39. The summed E-state index contributed by atoms with van der Waals surface area (Å²) < 4.78 is 5.15. The fraction of sp³-hybridized carbons (Fsp3) is 0.462. The third kappa shape index (κ3) is 1.55. The zero-order chi connectivity index (χ0) is 11.9. The summed E-state index contributed by atoms with van der Waals surface area (Å²) in [5.41, 5.74) is 1.43. The van der Waals surface area contributed by atoms with Crippen molar-refractivity contribution in [2.75, 3.05) is 17.7 Å². The highest BCUT2D eigenvalue weighted by atomic mass is 16.5. The highest BCUT2D eigenvalue weighted by Crippen LogP contribution is 2.41. The van der Waals surface area contributed by atoms with Crippen molar-refractivity contribution in [1.82, 2.24) is 0 Å². The van der Waals surface area contributed by atoms with Gasteiger partial charge in [-0.2, -0.15) is 0 Å². The molecule has 1 aliphatic heterocycles. The summed E-state index contributed by atoms with van der Waals surface area (Å²) in [4.78, 5) is 12.2. The van der Waals surface area contributed by atoms with Crippen molar-refractivity contribution in [1.29, 1.82) is 0 Å². The second kappa shape index (κ2) is 3.65. The molecule has 17 heavy (non-hydrogen) atoms. The number of rotatable bonds is 1. The molecule has 0 radical (unpaired) electrons. The van der Waals surface area contributed by atoms with E-state index in [4.69, 9.17) is 4.74 Å². The minimum absolute atomic E-state index is 0.0933. The third-order valence-electron chi connectivity index (χ3n) is 3.74. The van der Waals surface area contributed by atoms with Crippen molar-refractivity contribution in [2.45, 2.75) is 31.2 Å². The molecule has 0 bridgehead atoms. The number of ether oxygens (including phenoxy) is 1. The van der Waals surface area contributed by atoms with Gasteiger partial charge in [-0.25, -0.2) is 0 Å². The third-order valence-corrected chi connectivity index (χ3v) is 3.74. The van der Waals surface area contributed by atoms with E-state index >= 15 is 0 Å². The number of amides is 1. The normalized spacial score (nSPS) is 20.6. The van der Waals surface area contributed by atoms with Crippen LogP contribution in [0.25, 0.3) is 0 Å². The largest absolute Gasteiger partial charge is 0.497 e. The first-order chi connectivity index (χ1) is 8.23. The second-order valence-electron chi connectivity index (χ2n) is 4.78. The maximum atomic E-state index is 12.2. The summed E-state index contributed by atoms with van der Waals surface area (Å²) in [6.07, 6.45) is 4.08. The molecule has 4 heteroatoms. The van der Waals surface area contributed by atoms with Crippen LogP contribution in [0.1, 0.15) is 25.7 Å². The fourth-order valence-corrected chi connectivity index (χ4v) is 2.75. The summed E-state index contributed by atoms with van der Waals surface area (Å²) in [5.74, 6) is 0.851. The van der Waals surface area contributed by atoms with Gasteiger partial charge >= 0.3 is 0 Å². The van der Waals surface area contributed by atoms with E-state index in [0.717, 1.165) is 42.8 Å². The molecule has 1 amide bonds. The van der Waals surface area contributed by atoms with Gasteiger partial charge in [-0.3, -0.25) is 4.79 Å². The predicted octanol–water partition coefficient (Wildman–Crippen LogP) is 2.37. The number of nitrogens with one attached hydrogen (secondary N) is 2. The van der Waals surface area contributed by atoms with E-state index < -0.39 is 0 Å². The molecule has 90 valence electrons. The number of methoxy groups -OCH3 is 1. The first-order valence-electron chi connectivity index (χ1n) is 6.01. The van der Waals surface area contributed by atoms with Gasteiger partial charge in [-0.05, 0) is 25.0 Å². The van der Waals surface area contributed by atoms with Crippen molar-refractivity contribution in [2.24, 2.45) is 0 Å². The quantitative estimate of drug-likeness (QED) is 0.781. The molecule has 1 saturated carbocycles. The summed E-state index contributed by atoms with van der Waals surface area (Å²) in [6.45, 7) is 0. The SMILES string of the molecule is COc1ccc2c(c1)NC(=O)C1(CCCC1)N2. The van der Waals surface area contributed by atoms with E-state index in [-0.39, 0.29) is 11.4 Å². The van der Waals surface area contributed by atoms with Crippen LogP contribution in [0.2, 0.25) is 0 Å². The van der Waals surface area contributed by atoms with Crippen LogP contribution in [0.4, 0.5) is 11.4 Å². The van der Waals surface area contributed by atoms with Crippen molar-refractivity contribution >= 4 is 17.3 Å². The molecule has 1 aliphatic carbocycles. The Balaban J connectivity index is 1.97. The van der Waals surface area contributed by atoms with Crippen LogP contribution in [0.3, 0.4) is 0 Å². The molecule has 1 aromatic rings. The van der Waals surface area contributed by atoms with Crippen molar-refractivity contribution in [3.63, 3.8) is 0 Å². The lowest BCUT2D eigenvalue weighted by Gasteiger charge is -2.35. The van der Waals surface area contributed by atoms with E-state index in [1.165, 1.54) is 0 Å². The fourth-order valence-electron chi connectivity index (χ4n) is 2.75. The number of fused-ring (bicyclic) bond motifs is 1. The Labute approximate surface area is 100 Å². The number of hydrogen-bond donors (Lipinski definition) is 2. The molecular weight excluding hydrogens is 216 g/mol. The minimum atomic E-state index is -0.373. The van der Waals surface area contributed by atoms with E-state index in [9.17, 15) is 4.79 Å². The zero-order valence-electron chi connectivity index (χ0n) is 9.88. The molecule has 1 spiro atoms. The van der Waals surface area contributed by atoms with Gasteiger partial charge < -0.3 is 15.4 Å². The Hall–Kier alpha value is -1.71. The van der Waals surface area contributed by atoms with Crippen LogP contribution in [-0.2, 0) is 4.79 Å². The summed E-state index contributed by atoms with van der Waals surface area (Å²) in [6, 6.07) is 5.72. The molecule has 1 heterocycles. The average molecular weight is 232 g/mol. The van der Waals surface area contributed by atoms with Gasteiger partial charge in [0.2, 0.25) is 5.91 Å². The molecule has 2 N–H and O–H groups in total. The molecule has 3 rings (SSSR count). The van der Waals surface area contributed by atoms with E-state index in [1.54, 1.807) is 7.11 Å². The highest BCUT2D eigenvalue weighted by molar-refractivity contribution is 6.06. The van der Waals surface area contributed by atoms with Gasteiger partial charge in [0.25, 0.3) is 0 Å². The average Bonchev–Trinajstić information content (AvgIpc) is 2.80. The van der Waals surface area contributed by atoms with Gasteiger partial charge in [0, 0.05) is 6.07 Å². The Morgan fingerprint density at radius 3 is 2.71 bits per heavy atom. The van der Waals surface area contributed by atoms with Crippen LogP contribution in [0.5, 0.6) is 5.75 Å². The van der Waals surface area contributed by atoms with Crippen LogP contribution in [-0.4, -0.2) is 18.6 Å². The van der Waals surface area contributed by atoms with E-state index in [1.807, 2.05) is 18.2 Å². The number of carbonyl (C=O) groups is 1. The van der Waals surface area contributed by atoms with Gasteiger partial charge in [0.15, 0.2) is 0 Å². The Morgan fingerprint density at radius 1 is 1.24 bits per heavy atom. The van der Waals surface area contributed by atoms with Crippen molar-refractivity contribution in [3.05, 3.63) is 18.2 Å². The second-order valence-corrected chi connectivity index (χ2v) is 4.78. The van der Waals surface area contributed by atoms with Gasteiger partial charge in [-0.15, -0.1) is 0 Å². The number of carbonyl (C=O) groups excluding carboxylic acids is 1. The molecule has 1 aromatic carbocycles. The molecule has 0 atom stereocenters. The molecule has 2 aliphatic rings. The molecular formula is C13H16N2O2. The van der Waals surface area contributed by atoms with Gasteiger partial charge in [-0.1, -0.05) is 12.8 Å². The zero-order valence-corrected chi connectivity index (χ0v) is 9.88. The molecule has 0 aromatic heterocycles. The van der Waals surface area contributed by atoms with Gasteiger partial charge in [0.1, 0.15) is 11.3 Å². The molecule has 0 unspecified atom stereocenters. The van der Waals surface area contributed by atoms with Crippen LogP contribution < -0.4 is 15.4 Å². The predicted molar refractivity (Wildman–Crippen MR) is 66.4 cm³/mol. The molecule has 1 fully saturated rings. The van der Waals surface area contributed by atoms with Crippen LogP contribution in [0, 0.1) is 0 Å². The number of hydrogen-bond acceptors (Lipinski definition) is 3.